The lowest BCUT2D eigenvalue weighted by Gasteiger charge is -2.05. The Morgan fingerprint density at radius 1 is 1.45 bits per heavy atom. The molecular weight excluding hydrogens is 206 g/mol. The van der Waals surface area contributed by atoms with Gasteiger partial charge in [-0.2, -0.15) is 0 Å². The Morgan fingerprint density at radius 2 is 2.09 bits per heavy atom. The van der Waals surface area contributed by atoms with E-state index in [0.717, 1.165) is 15.7 Å². The lowest BCUT2D eigenvalue weighted by atomic mass is 10.2. The van der Waals surface area contributed by atoms with Crippen molar-refractivity contribution < 1.29 is 5.11 Å². The second kappa shape index (κ2) is 3.13. The quantitative estimate of drug-likeness (QED) is 0.707. The minimum absolute atomic E-state index is 0.309. The summed E-state index contributed by atoms with van der Waals surface area (Å²) >= 11 is 3.25. The highest BCUT2D eigenvalue weighted by Gasteiger charge is 2.02. The number of benzene rings is 1. The maximum absolute atomic E-state index is 9.35. The predicted octanol–water partition coefficient (Wildman–Crippen LogP) is 2.50. The van der Waals surface area contributed by atoms with E-state index in [9.17, 15) is 5.11 Å². The summed E-state index contributed by atoms with van der Waals surface area (Å²) in [4.78, 5) is 0. The number of aryl methyl sites for hydroxylation is 1. The van der Waals surface area contributed by atoms with Gasteiger partial charge in [0.25, 0.3) is 0 Å². The zero-order valence-electron chi connectivity index (χ0n) is 6.48. The monoisotopic (exact) mass is 215 g/mol. The van der Waals surface area contributed by atoms with E-state index < -0.39 is 0 Å². The summed E-state index contributed by atoms with van der Waals surface area (Å²) in [6.07, 6.45) is 0. The molecule has 0 saturated heterocycles. The molecule has 2 nitrogen and oxygen atoms in total. The first-order valence-electron chi connectivity index (χ1n) is 3.32. The molecule has 0 saturated carbocycles. The van der Waals surface area contributed by atoms with Crippen LogP contribution in [0.4, 0.5) is 5.69 Å². The van der Waals surface area contributed by atoms with E-state index in [0.29, 0.717) is 5.75 Å². The fraction of sp³-hybridized carbons (Fsp3) is 0.250. The molecule has 1 rings (SSSR count). The van der Waals surface area contributed by atoms with Crippen LogP contribution in [-0.4, -0.2) is 12.2 Å². The molecule has 0 atom stereocenters. The topological polar surface area (TPSA) is 32.3 Å². The molecule has 3 heteroatoms. The number of phenolic OH excluding ortho intramolecular Hbond substituents is 1. The molecule has 0 spiro atoms. The van der Waals surface area contributed by atoms with Crippen molar-refractivity contribution in [3.63, 3.8) is 0 Å². The third-order valence-corrected chi connectivity index (χ3v) is 2.15. The lowest BCUT2D eigenvalue weighted by Crippen LogP contribution is -1.88. The zero-order chi connectivity index (χ0) is 8.43. The first kappa shape index (κ1) is 8.40. The van der Waals surface area contributed by atoms with E-state index in [4.69, 9.17) is 0 Å². The molecule has 0 aliphatic heterocycles. The van der Waals surface area contributed by atoms with Crippen molar-refractivity contribution >= 4 is 21.6 Å². The van der Waals surface area contributed by atoms with Gasteiger partial charge in [0.2, 0.25) is 0 Å². The predicted molar refractivity (Wildman–Crippen MR) is 50.1 cm³/mol. The molecule has 0 fully saturated rings. The molecule has 2 N–H and O–H groups in total. The van der Waals surface area contributed by atoms with Gasteiger partial charge in [-0.25, -0.2) is 0 Å². The number of hydrogen-bond donors (Lipinski definition) is 2. The summed E-state index contributed by atoms with van der Waals surface area (Å²) in [5.74, 6) is 0.309. The molecular formula is C8H10BrNO. The van der Waals surface area contributed by atoms with Crippen LogP contribution in [0.2, 0.25) is 0 Å². The summed E-state index contributed by atoms with van der Waals surface area (Å²) in [7, 11) is 1.85. The molecule has 0 aliphatic rings. The molecule has 60 valence electrons. The van der Waals surface area contributed by atoms with Crippen LogP contribution in [0.1, 0.15) is 5.56 Å². The molecule has 0 amide bonds. The number of halogens is 1. The number of anilines is 1. The standard InChI is InChI=1S/C8H10BrNO/c1-5-3-6(10-2)4-7(9)8(5)11/h3-4,10-11H,1-2H3. The van der Waals surface area contributed by atoms with Gasteiger partial charge in [0, 0.05) is 12.7 Å². The SMILES string of the molecule is CNc1cc(C)c(O)c(Br)c1. The second-order valence-electron chi connectivity index (χ2n) is 2.37. The van der Waals surface area contributed by atoms with Crippen molar-refractivity contribution in [2.75, 3.05) is 12.4 Å². The van der Waals surface area contributed by atoms with Gasteiger partial charge in [0.05, 0.1) is 4.47 Å². The molecule has 0 aromatic heterocycles. The van der Waals surface area contributed by atoms with Gasteiger partial charge in [-0.15, -0.1) is 0 Å². The lowest BCUT2D eigenvalue weighted by molar-refractivity contribution is 0.468. The van der Waals surface area contributed by atoms with Crippen molar-refractivity contribution in [2.45, 2.75) is 6.92 Å². The van der Waals surface area contributed by atoms with Crippen LogP contribution in [-0.2, 0) is 0 Å². The minimum atomic E-state index is 0.309. The summed E-state index contributed by atoms with van der Waals surface area (Å²) in [6, 6.07) is 3.72. The summed E-state index contributed by atoms with van der Waals surface area (Å²) in [5.41, 5.74) is 1.86. The van der Waals surface area contributed by atoms with Gasteiger partial charge < -0.3 is 10.4 Å². The molecule has 1 aromatic rings. The van der Waals surface area contributed by atoms with Crippen molar-refractivity contribution in [1.82, 2.24) is 0 Å². The normalized spacial score (nSPS) is 9.73. The number of aromatic hydroxyl groups is 1. The van der Waals surface area contributed by atoms with Gasteiger partial charge in [-0.05, 0) is 40.5 Å². The summed E-state index contributed by atoms with van der Waals surface area (Å²) in [6.45, 7) is 1.86. The fourth-order valence-corrected chi connectivity index (χ4v) is 1.44. The average Bonchev–Trinajstić information content (AvgIpc) is 1.99. The Morgan fingerprint density at radius 3 is 2.55 bits per heavy atom. The van der Waals surface area contributed by atoms with Crippen LogP contribution >= 0.6 is 15.9 Å². The average molecular weight is 216 g/mol. The smallest absolute Gasteiger partial charge is 0.132 e. The van der Waals surface area contributed by atoms with Crippen LogP contribution in [0.15, 0.2) is 16.6 Å². The summed E-state index contributed by atoms with van der Waals surface area (Å²) in [5, 5.41) is 12.3. The highest BCUT2D eigenvalue weighted by Crippen LogP contribution is 2.30. The fourth-order valence-electron chi connectivity index (χ4n) is 0.881. The maximum atomic E-state index is 9.35. The van der Waals surface area contributed by atoms with Crippen molar-refractivity contribution in [2.24, 2.45) is 0 Å². The Labute approximate surface area is 74.4 Å². The first-order chi connectivity index (χ1) is 5.15. The first-order valence-corrected chi connectivity index (χ1v) is 4.11. The van der Waals surface area contributed by atoms with E-state index in [2.05, 4.69) is 21.2 Å². The molecule has 0 heterocycles. The van der Waals surface area contributed by atoms with Gasteiger partial charge in [0.1, 0.15) is 5.75 Å². The van der Waals surface area contributed by atoms with E-state index in [-0.39, 0.29) is 0 Å². The van der Waals surface area contributed by atoms with E-state index >= 15 is 0 Å². The van der Waals surface area contributed by atoms with Crippen molar-refractivity contribution in [1.29, 1.82) is 0 Å². The van der Waals surface area contributed by atoms with Crippen molar-refractivity contribution in [3.05, 3.63) is 22.2 Å². The van der Waals surface area contributed by atoms with Crippen molar-refractivity contribution in [3.8, 4) is 5.75 Å². The molecule has 0 unspecified atom stereocenters. The highest BCUT2D eigenvalue weighted by atomic mass is 79.9. The Bertz CT molecular complexity index is 250. The molecule has 0 radical (unpaired) electrons. The Kier molecular flexibility index (Phi) is 2.39. The van der Waals surface area contributed by atoms with Crippen LogP contribution in [0.5, 0.6) is 5.75 Å². The second-order valence-corrected chi connectivity index (χ2v) is 3.23. The molecule has 11 heavy (non-hydrogen) atoms. The third-order valence-electron chi connectivity index (χ3n) is 1.54. The summed E-state index contributed by atoms with van der Waals surface area (Å²) < 4.78 is 0.724. The number of phenols is 1. The van der Waals surface area contributed by atoms with Gasteiger partial charge >= 0.3 is 0 Å². The number of rotatable bonds is 1. The Balaban J connectivity index is 3.21. The molecule has 0 aliphatic carbocycles. The molecule has 1 aromatic carbocycles. The zero-order valence-corrected chi connectivity index (χ0v) is 8.07. The highest BCUT2D eigenvalue weighted by molar-refractivity contribution is 9.10. The van der Waals surface area contributed by atoms with Gasteiger partial charge in [0.15, 0.2) is 0 Å². The van der Waals surface area contributed by atoms with Gasteiger partial charge in [-0.3, -0.25) is 0 Å². The maximum Gasteiger partial charge on any atom is 0.132 e. The number of nitrogens with one attached hydrogen (secondary N) is 1. The molecule has 0 bridgehead atoms. The van der Waals surface area contributed by atoms with Crippen LogP contribution in [0, 0.1) is 6.92 Å². The third kappa shape index (κ3) is 1.66. The van der Waals surface area contributed by atoms with E-state index in [1.165, 1.54) is 0 Å². The van der Waals surface area contributed by atoms with Crippen LogP contribution in [0.25, 0.3) is 0 Å². The number of hydrogen-bond acceptors (Lipinski definition) is 2. The van der Waals surface area contributed by atoms with Gasteiger partial charge in [-0.1, -0.05) is 0 Å². The Hall–Kier alpha value is -0.700. The minimum Gasteiger partial charge on any atom is -0.506 e. The van der Waals surface area contributed by atoms with Crippen LogP contribution in [0.3, 0.4) is 0 Å². The largest absolute Gasteiger partial charge is 0.506 e. The van der Waals surface area contributed by atoms with Crippen LogP contribution < -0.4 is 5.32 Å². The van der Waals surface area contributed by atoms with E-state index in [1.54, 1.807) is 0 Å². The van der Waals surface area contributed by atoms with E-state index in [1.807, 2.05) is 26.1 Å².